The molecule has 0 saturated carbocycles. The minimum atomic E-state index is -0.0937. The molecule has 0 saturated heterocycles. The molecule has 0 rings (SSSR count). The van der Waals surface area contributed by atoms with Crippen molar-refractivity contribution in [1.82, 2.24) is 0 Å². The fourth-order valence-electron chi connectivity index (χ4n) is 1.38. The summed E-state index contributed by atoms with van der Waals surface area (Å²) in [6, 6.07) is 2.43. The van der Waals surface area contributed by atoms with E-state index in [9.17, 15) is 0 Å². The molecule has 2 unspecified atom stereocenters. The van der Waals surface area contributed by atoms with Crippen LogP contribution in [0.1, 0.15) is 47.0 Å². The second-order valence-corrected chi connectivity index (χ2v) is 3.59. The highest BCUT2D eigenvalue weighted by molar-refractivity contribution is 4.97. The maximum atomic E-state index is 8.97. The quantitative estimate of drug-likeness (QED) is 0.607. The van der Waals surface area contributed by atoms with Gasteiger partial charge in [0.05, 0.1) is 11.5 Å². The Balaban J connectivity index is 4.22. The Bertz CT molecular complexity index is 145. The summed E-state index contributed by atoms with van der Waals surface area (Å²) in [5.41, 5.74) is -0.0937. The summed E-state index contributed by atoms with van der Waals surface area (Å²) in [5, 5.41) is 8.97. The van der Waals surface area contributed by atoms with Gasteiger partial charge in [-0.25, -0.2) is 0 Å². The van der Waals surface area contributed by atoms with Gasteiger partial charge in [-0.2, -0.15) is 5.26 Å². The molecule has 0 spiro atoms. The highest BCUT2D eigenvalue weighted by Gasteiger charge is 2.28. The van der Waals surface area contributed by atoms with Crippen molar-refractivity contribution in [1.29, 1.82) is 5.26 Å². The number of rotatable bonds is 4. The molecule has 0 aliphatic heterocycles. The number of hydrogen-bond donors (Lipinski definition) is 0. The van der Waals surface area contributed by atoms with Crippen molar-refractivity contribution >= 4 is 0 Å². The van der Waals surface area contributed by atoms with E-state index in [0.717, 1.165) is 19.3 Å². The highest BCUT2D eigenvalue weighted by atomic mass is 14.4. The average molecular weight is 153 g/mol. The van der Waals surface area contributed by atoms with Crippen LogP contribution in [0.3, 0.4) is 0 Å². The monoisotopic (exact) mass is 153 g/mol. The van der Waals surface area contributed by atoms with Gasteiger partial charge in [0.15, 0.2) is 0 Å². The lowest BCUT2D eigenvalue weighted by Gasteiger charge is -2.27. The minimum Gasteiger partial charge on any atom is -0.198 e. The maximum absolute atomic E-state index is 8.97. The molecular weight excluding hydrogens is 134 g/mol. The van der Waals surface area contributed by atoms with Gasteiger partial charge in [0, 0.05) is 0 Å². The Morgan fingerprint density at radius 2 is 2.00 bits per heavy atom. The van der Waals surface area contributed by atoms with Gasteiger partial charge in [-0.1, -0.05) is 33.6 Å². The van der Waals surface area contributed by atoms with Crippen LogP contribution < -0.4 is 0 Å². The first-order valence-electron chi connectivity index (χ1n) is 4.52. The topological polar surface area (TPSA) is 23.8 Å². The first kappa shape index (κ1) is 10.5. The largest absolute Gasteiger partial charge is 0.198 e. The number of nitriles is 1. The van der Waals surface area contributed by atoms with Gasteiger partial charge < -0.3 is 0 Å². The lowest BCUT2D eigenvalue weighted by molar-refractivity contribution is 0.256. The van der Waals surface area contributed by atoms with E-state index < -0.39 is 0 Å². The van der Waals surface area contributed by atoms with Gasteiger partial charge in [-0.3, -0.25) is 0 Å². The molecule has 0 aromatic rings. The zero-order valence-corrected chi connectivity index (χ0v) is 8.15. The summed E-state index contributed by atoms with van der Waals surface area (Å²) < 4.78 is 0. The van der Waals surface area contributed by atoms with E-state index in [1.54, 1.807) is 0 Å². The summed E-state index contributed by atoms with van der Waals surface area (Å²) in [5.74, 6) is 0.521. The molecule has 0 heterocycles. The van der Waals surface area contributed by atoms with E-state index in [4.69, 9.17) is 5.26 Å². The zero-order valence-electron chi connectivity index (χ0n) is 8.15. The summed E-state index contributed by atoms with van der Waals surface area (Å²) in [7, 11) is 0. The van der Waals surface area contributed by atoms with E-state index in [-0.39, 0.29) is 5.41 Å². The van der Waals surface area contributed by atoms with Gasteiger partial charge in [0.1, 0.15) is 0 Å². The van der Waals surface area contributed by atoms with Crippen LogP contribution in [0.5, 0.6) is 0 Å². The fourth-order valence-corrected chi connectivity index (χ4v) is 1.38. The van der Waals surface area contributed by atoms with Crippen molar-refractivity contribution in [3.05, 3.63) is 0 Å². The highest BCUT2D eigenvalue weighted by Crippen LogP contribution is 2.33. The number of nitrogens with zero attached hydrogens (tertiary/aromatic N) is 1. The van der Waals surface area contributed by atoms with E-state index in [2.05, 4.69) is 33.8 Å². The summed E-state index contributed by atoms with van der Waals surface area (Å²) in [6.45, 7) is 8.53. The Kier molecular flexibility index (Phi) is 4.18. The molecule has 0 amide bonds. The standard InChI is InChI=1S/C10H19N/c1-5-7-10(4,8-11)9(3)6-2/h9H,5-7H2,1-4H3. The molecule has 2 atom stereocenters. The van der Waals surface area contributed by atoms with Crippen LogP contribution in [0.15, 0.2) is 0 Å². The zero-order chi connectivity index (χ0) is 8.91. The molecular formula is C10H19N. The molecule has 1 heteroatoms. The molecule has 0 fully saturated rings. The Hall–Kier alpha value is -0.510. The average Bonchev–Trinajstić information content (AvgIpc) is 2.03. The van der Waals surface area contributed by atoms with Gasteiger partial charge in [-0.15, -0.1) is 0 Å². The molecule has 0 aromatic heterocycles. The summed E-state index contributed by atoms with van der Waals surface area (Å²) in [4.78, 5) is 0. The fraction of sp³-hybridized carbons (Fsp3) is 0.900. The van der Waals surface area contributed by atoms with E-state index in [0.29, 0.717) is 5.92 Å². The smallest absolute Gasteiger partial charge is 0.0689 e. The van der Waals surface area contributed by atoms with E-state index in [1.807, 2.05) is 0 Å². The lowest BCUT2D eigenvalue weighted by Crippen LogP contribution is -2.22. The maximum Gasteiger partial charge on any atom is 0.0689 e. The molecule has 0 aliphatic rings. The van der Waals surface area contributed by atoms with Crippen molar-refractivity contribution in [2.24, 2.45) is 11.3 Å². The van der Waals surface area contributed by atoms with Crippen LogP contribution in [0.4, 0.5) is 0 Å². The first-order chi connectivity index (χ1) is 5.10. The molecule has 0 radical (unpaired) electrons. The normalized spacial score (nSPS) is 18.5. The van der Waals surface area contributed by atoms with Crippen LogP contribution in [0, 0.1) is 22.7 Å². The van der Waals surface area contributed by atoms with Crippen molar-refractivity contribution in [3.8, 4) is 6.07 Å². The van der Waals surface area contributed by atoms with Crippen LogP contribution >= 0.6 is 0 Å². The second kappa shape index (κ2) is 4.38. The van der Waals surface area contributed by atoms with Crippen LogP contribution in [-0.2, 0) is 0 Å². The molecule has 1 nitrogen and oxygen atoms in total. The van der Waals surface area contributed by atoms with Crippen molar-refractivity contribution in [2.75, 3.05) is 0 Å². The Morgan fingerprint density at radius 3 is 2.27 bits per heavy atom. The van der Waals surface area contributed by atoms with Gasteiger partial charge in [0.2, 0.25) is 0 Å². The second-order valence-electron chi connectivity index (χ2n) is 3.59. The SMILES string of the molecule is CCCC(C)(C#N)C(C)CC. The summed E-state index contributed by atoms with van der Waals surface area (Å²) >= 11 is 0. The third kappa shape index (κ3) is 2.54. The van der Waals surface area contributed by atoms with Crippen LogP contribution in [-0.4, -0.2) is 0 Å². The van der Waals surface area contributed by atoms with Gasteiger partial charge >= 0.3 is 0 Å². The Labute approximate surface area is 70.4 Å². The molecule has 0 aromatic carbocycles. The van der Waals surface area contributed by atoms with Gasteiger partial charge in [0.25, 0.3) is 0 Å². The lowest BCUT2D eigenvalue weighted by atomic mass is 9.75. The Morgan fingerprint density at radius 1 is 1.45 bits per heavy atom. The van der Waals surface area contributed by atoms with E-state index in [1.165, 1.54) is 0 Å². The van der Waals surface area contributed by atoms with Crippen molar-refractivity contribution in [3.63, 3.8) is 0 Å². The molecule has 64 valence electrons. The molecule has 0 bridgehead atoms. The predicted molar refractivity (Wildman–Crippen MR) is 48.1 cm³/mol. The third-order valence-electron chi connectivity index (χ3n) is 2.72. The van der Waals surface area contributed by atoms with Crippen LogP contribution in [0.25, 0.3) is 0 Å². The van der Waals surface area contributed by atoms with Crippen molar-refractivity contribution in [2.45, 2.75) is 47.0 Å². The molecule has 11 heavy (non-hydrogen) atoms. The van der Waals surface area contributed by atoms with Crippen LogP contribution in [0.2, 0.25) is 0 Å². The van der Waals surface area contributed by atoms with E-state index >= 15 is 0 Å². The predicted octanol–water partition coefficient (Wildman–Crippen LogP) is 3.36. The molecule has 0 N–H and O–H groups in total. The summed E-state index contributed by atoms with van der Waals surface area (Å²) in [6.07, 6.45) is 3.23. The number of hydrogen-bond acceptors (Lipinski definition) is 1. The first-order valence-corrected chi connectivity index (χ1v) is 4.52. The van der Waals surface area contributed by atoms with Gasteiger partial charge in [-0.05, 0) is 19.3 Å². The molecule has 0 aliphatic carbocycles. The minimum absolute atomic E-state index is 0.0937. The third-order valence-corrected chi connectivity index (χ3v) is 2.72. The van der Waals surface area contributed by atoms with Crippen molar-refractivity contribution < 1.29 is 0 Å².